The van der Waals surface area contributed by atoms with Crippen LogP contribution in [0.3, 0.4) is 0 Å². The highest BCUT2D eigenvalue weighted by molar-refractivity contribution is 6.38. The lowest BCUT2D eigenvalue weighted by molar-refractivity contribution is 0.261. The van der Waals surface area contributed by atoms with Gasteiger partial charge in [0.05, 0.1) is 32.8 Å². The molecule has 0 atom stereocenters. The van der Waals surface area contributed by atoms with Gasteiger partial charge in [0.2, 0.25) is 0 Å². The number of anilines is 4. The highest BCUT2D eigenvalue weighted by Gasteiger charge is 2.14. The number of rotatable bonds is 4. The first kappa shape index (κ1) is 23.5. The SMILES string of the molecule is O=C(Nc1cc(Cl)c(NC(=O)Nc2cccc3ccccc23)cc1Cl)Nc1cccc2ccccc12. The summed E-state index contributed by atoms with van der Waals surface area (Å²) in [6.45, 7) is 0. The number of nitrogens with one attached hydrogen (secondary N) is 4. The Morgan fingerprint density at radius 2 is 0.833 bits per heavy atom. The molecule has 36 heavy (non-hydrogen) atoms. The van der Waals surface area contributed by atoms with Gasteiger partial charge >= 0.3 is 12.1 Å². The maximum absolute atomic E-state index is 12.7. The molecule has 0 aliphatic carbocycles. The maximum atomic E-state index is 12.7. The van der Waals surface area contributed by atoms with Crippen LogP contribution < -0.4 is 21.3 Å². The third-order valence-electron chi connectivity index (χ3n) is 5.63. The molecular weight excluding hydrogens is 495 g/mol. The molecule has 5 aromatic carbocycles. The molecule has 0 fully saturated rings. The largest absolute Gasteiger partial charge is 0.323 e. The number of hydrogen-bond donors (Lipinski definition) is 4. The van der Waals surface area contributed by atoms with E-state index in [1.165, 1.54) is 12.1 Å². The number of carbonyl (C=O) groups excluding carboxylic acids is 2. The van der Waals surface area contributed by atoms with E-state index in [0.717, 1.165) is 21.5 Å². The predicted molar refractivity (Wildman–Crippen MR) is 150 cm³/mol. The summed E-state index contributed by atoms with van der Waals surface area (Å²) in [6.07, 6.45) is 0. The lowest BCUT2D eigenvalue weighted by atomic mass is 10.1. The van der Waals surface area contributed by atoms with Gasteiger partial charge in [0.1, 0.15) is 0 Å². The van der Waals surface area contributed by atoms with E-state index in [0.29, 0.717) is 22.7 Å². The maximum Gasteiger partial charge on any atom is 0.323 e. The van der Waals surface area contributed by atoms with Crippen molar-refractivity contribution in [2.75, 3.05) is 21.3 Å². The van der Waals surface area contributed by atoms with Crippen molar-refractivity contribution in [3.05, 3.63) is 107 Å². The van der Waals surface area contributed by atoms with Crippen molar-refractivity contribution in [3.63, 3.8) is 0 Å². The summed E-state index contributed by atoms with van der Waals surface area (Å²) in [6, 6.07) is 28.8. The van der Waals surface area contributed by atoms with Crippen molar-refractivity contribution in [1.82, 2.24) is 0 Å². The highest BCUT2D eigenvalue weighted by Crippen LogP contribution is 2.33. The third-order valence-corrected chi connectivity index (χ3v) is 6.25. The van der Waals surface area contributed by atoms with E-state index in [1.54, 1.807) is 0 Å². The van der Waals surface area contributed by atoms with Gasteiger partial charge in [-0.15, -0.1) is 0 Å². The smallest absolute Gasteiger partial charge is 0.307 e. The van der Waals surface area contributed by atoms with Crippen LogP contribution in [0.15, 0.2) is 97.1 Å². The first-order valence-electron chi connectivity index (χ1n) is 11.1. The number of fused-ring (bicyclic) bond motifs is 2. The minimum atomic E-state index is -0.473. The van der Waals surface area contributed by atoms with E-state index < -0.39 is 12.1 Å². The molecule has 6 nitrogen and oxygen atoms in total. The number of amides is 4. The molecule has 5 aromatic rings. The molecule has 0 aliphatic heterocycles. The molecule has 0 unspecified atom stereocenters. The van der Waals surface area contributed by atoms with E-state index in [1.807, 2.05) is 84.9 Å². The van der Waals surface area contributed by atoms with Gasteiger partial charge in [0, 0.05) is 10.8 Å². The lowest BCUT2D eigenvalue weighted by Crippen LogP contribution is -2.21. The van der Waals surface area contributed by atoms with E-state index in [4.69, 9.17) is 23.2 Å². The Balaban J connectivity index is 1.28. The Bertz CT molecular complexity index is 1490. The minimum absolute atomic E-state index is 0.216. The van der Waals surface area contributed by atoms with Crippen LogP contribution in [0.1, 0.15) is 0 Å². The molecule has 0 heterocycles. The molecule has 0 aromatic heterocycles. The Morgan fingerprint density at radius 3 is 1.28 bits per heavy atom. The molecule has 178 valence electrons. The standard InChI is InChI=1S/C28H20Cl2N4O2/c29-21-16-26(34-28(36)32-24-14-6-10-18-8-2-4-12-20(18)24)22(30)15-25(21)33-27(35)31-23-13-5-9-17-7-1-3-11-19(17)23/h1-16H,(H2,31,33,35)(H2,32,34,36). The second-order valence-electron chi connectivity index (χ2n) is 8.02. The monoisotopic (exact) mass is 514 g/mol. The zero-order valence-electron chi connectivity index (χ0n) is 18.8. The fraction of sp³-hybridized carbons (Fsp3) is 0. The van der Waals surface area contributed by atoms with Crippen LogP contribution in [-0.4, -0.2) is 12.1 Å². The molecule has 0 radical (unpaired) electrons. The second kappa shape index (κ2) is 10.2. The summed E-state index contributed by atoms with van der Waals surface area (Å²) in [4.78, 5) is 25.3. The summed E-state index contributed by atoms with van der Waals surface area (Å²) in [5, 5.41) is 15.4. The van der Waals surface area contributed by atoms with Crippen LogP contribution in [0.4, 0.5) is 32.3 Å². The van der Waals surface area contributed by atoms with Crippen LogP contribution in [0, 0.1) is 0 Å². The Hall–Kier alpha value is -4.26. The van der Waals surface area contributed by atoms with Gasteiger partial charge in [-0.3, -0.25) is 0 Å². The normalized spacial score (nSPS) is 10.7. The topological polar surface area (TPSA) is 82.3 Å². The highest BCUT2D eigenvalue weighted by atomic mass is 35.5. The third kappa shape index (κ3) is 5.05. The Kier molecular flexibility index (Phi) is 6.62. The van der Waals surface area contributed by atoms with Crippen molar-refractivity contribution in [2.45, 2.75) is 0 Å². The average molecular weight is 515 g/mol. The summed E-state index contributed by atoms with van der Waals surface area (Å²) < 4.78 is 0. The van der Waals surface area contributed by atoms with Crippen molar-refractivity contribution in [1.29, 1.82) is 0 Å². The van der Waals surface area contributed by atoms with E-state index >= 15 is 0 Å². The first-order valence-corrected chi connectivity index (χ1v) is 11.8. The molecule has 0 bridgehead atoms. The number of benzene rings is 5. The molecule has 4 N–H and O–H groups in total. The number of urea groups is 2. The Labute approximate surface area is 217 Å². The van der Waals surface area contributed by atoms with Crippen molar-refractivity contribution < 1.29 is 9.59 Å². The van der Waals surface area contributed by atoms with Crippen molar-refractivity contribution in [3.8, 4) is 0 Å². The molecule has 4 amide bonds. The van der Waals surface area contributed by atoms with Gasteiger partial charge in [0.25, 0.3) is 0 Å². The second-order valence-corrected chi connectivity index (χ2v) is 8.84. The van der Waals surface area contributed by atoms with Gasteiger partial charge in [-0.1, -0.05) is 96.0 Å². The number of hydrogen-bond acceptors (Lipinski definition) is 2. The molecule has 0 saturated heterocycles. The van der Waals surface area contributed by atoms with Gasteiger partial charge in [-0.25, -0.2) is 9.59 Å². The van der Waals surface area contributed by atoms with Crippen LogP contribution >= 0.6 is 23.2 Å². The van der Waals surface area contributed by atoms with Gasteiger partial charge < -0.3 is 21.3 Å². The van der Waals surface area contributed by atoms with Crippen molar-refractivity contribution >= 4 is 79.6 Å². The number of halogens is 2. The summed E-state index contributed by atoms with van der Waals surface area (Å²) >= 11 is 12.8. The fourth-order valence-corrected chi connectivity index (χ4v) is 4.38. The van der Waals surface area contributed by atoms with E-state index in [-0.39, 0.29) is 10.0 Å². The summed E-state index contributed by atoms with van der Waals surface area (Å²) in [5.74, 6) is 0. The minimum Gasteiger partial charge on any atom is -0.307 e. The van der Waals surface area contributed by atoms with Crippen LogP contribution in [-0.2, 0) is 0 Å². The molecular formula is C28H20Cl2N4O2. The van der Waals surface area contributed by atoms with E-state index in [2.05, 4.69) is 21.3 Å². The molecule has 5 rings (SSSR count). The quantitative estimate of drug-likeness (QED) is 0.193. The Morgan fingerprint density at radius 1 is 0.472 bits per heavy atom. The van der Waals surface area contributed by atoms with Crippen molar-refractivity contribution in [2.24, 2.45) is 0 Å². The molecule has 0 saturated carbocycles. The zero-order valence-corrected chi connectivity index (χ0v) is 20.3. The molecule has 8 heteroatoms. The van der Waals surface area contributed by atoms with Crippen LogP contribution in [0.2, 0.25) is 10.0 Å². The fourth-order valence-electron chi connectivity index (χ4n) is 3.96. The molecule has 0 spiro atoms. The predicted octanol–water partition coefficient (Wildman–Crippen LogP) is 8.59. The summed E-state index contributed by atoms with van der Waals surface area (Å²) in [5.41, 5.74) is 1.94. The van der Waals surface area contributed by atoms with Gasteiger partial charge in [-0.05, 0) is 35.0 Å². The lowest BCUT2D eigenvalue weighted by Gasteiger charge is -2.14. The van der Waals surface area contributed by atoms with Crippen LogP contribution in [0.25, 0.3) is 21.5 Å². The summed E-state index contributed by atoms with van der Waals surface area (Å²) in [7, 11) is 0. The molecule has 0 aliphatic rings. The van der Waals surface area contributed by atoms with Gasteiger partial charge in [0.15, 0.2) is 0 Å². The van der Waals surface area contributed by atoms with Crippen LogP contribution in [0.5, 0.6) is 0 Å². The van der Waals surface area contributed by atoms with Gasteiger partial charge in [-0.2, -0.15) is 0 Å². The first-order chi connectivity index (χ1) is 17.5. The number of carbonyl (C=O) groups is 2. The zero-order chi connectivity index (χ0) is 25.1. The average Bonchev–Trinajstić information content (AvgIpc) is 2.87. The van der Waals surface area contributed by atoms with E-state index in [9.17, 15) is 9.59 Å².